The number of benzene rings is 2. The molecule has 10 nitrogen and oxygen atoms in total. The molecule has 248 valence electrons. The number of aromatic carboxylic acids is 1. The maximum atomic E-state index is 13.2. The van der Waals surface area contributed by atoms with Crippen LogP contribution in [0.15, 0.2) is 67.0 Å². The second kappa shape index (κ2) is 17.3. The summed E-state index contributed by atoms with van der Waals surface area (Å²) < 4.78 is 44.1. The van der Waals surface area contributed by atoms with E-state index in [2.05, 4.69) is 10.3 Å². The van der Waals surface area contributed by atoms with Crippen molar-refractivity contribution >= 4 is 23.7 Å². The van der Waals surface area contributed by atoms with Gasteiger partial charge in [-0.2, -0.15) is 13.2 Å². The molecular weight excluding hydrogens is 607 g/mol. The van der Waals surface area contributed by atoms with E-state index in [1.165, 1.54) is 0 Å². The maximum Gasteiger partial charge on any atom is 0.490 e. The molecule has 1 aliphatic rings. The first kappa shape index (κ1) is 36.0. The second-order valence-electron chi connectivity index (χ2n) is 10.8. The number of ether oxygens (including phenoxy) is 2. The number of pyridine rings is 1. The van der Waals surface area contributed by atoms with Gasteiger partial charge in [-0.05, 0) is 73.9 Å². The van der Waals surface area contributed by atoms with Gasteiger partial charge in [-0.3, -0.25) is 4.98 Å². The minimum Gasteiger partial charge on any atom is -0.478 e. The molecule has 1 heterocycles. The van der Waals surface area contributed by atoms with Crippen LogP contribution in [0.4, 0.5) is 23.7 Å². The van der Waals surface area contributed by atoms with Crippen LogP contribution in [0.25, 0.3) is 0 Å². The average Bonchev–Trinajstić information content (AvgIpc) is 3.01. The monoisotopic (exact) mass is 645 g/mol. The summed E-state index contributed by atoms with van der Waals surface area (Å²) in [4.78, 5) is 39.7. The first-order valence-electron chi connectivity index (χ1n) is 14.7. The van der Waals surface area contributed by atoms with Crippen molar-refractivity contribution in [2.75, 3.05) is 18.5 Å². The highest BCUT2D eigenvalue weighted by molar-refractivity contribution is 5.91. The Morgan fingerprint density at radius 1 is 0.957 bits per heavy atom. The fraction of sp³-hybridized carbons (Fsp3) is 0.394. The van der Waals surface area contributed by atoms with Gasteiger partial charge in [0.1, 0.15) is 0 Å². The van der Waals surface area contributed by atoms with Crippen molar-refractivity contribution in [3.8, 4) is 0 Å². The van der Waals surface area contributed by atoms with E-state index in [1.54, 1.807) is 30.3 Å². The van der Waals surface area contributed by atoms with Crippen molar-refractivity contribution in [2.24, 2.45) is 0 Å². The van der Waals surface area contributed by atoms with Gasteiger partial charge in [-0.15, -0.1) is 0 Å². The number of carboxylic acid groups (broad SMARTS) is 2. The van der Waals surface area contributed by atoms with Gasteiger partial charge < -0.3 is 29.9 Å². The fourth-order valence-corrected chi connectivity index (χ4v) is 4.97. The molecule has 2 atom stereocenters. The van der Waals surface area contributed by atoms with Gasteiger partial charge in [0, 0.05) is 31.2 Å². The number of carboxylic acids is 2. The van der Waals surface area contributed by atoms with Crippen LogP contribution in [0, 0.1) is 13.8 Å². The summed E-state index contributed by atoms with van der Waals surface area (Å²) in [7, 11) is 0. The number of amides is 2. The molecule has 1 fully saturated rings. The molecule has 2 amide bonds. The van der Waals surface area contributed by atoms with Gasteiger partial charge in [-0.1, -0.05) is 42.5 Å². The maximum absolute atomic E-state index is 13.2. The third-order valence-electron chi connectivity index (χ3n) is 7.35. The standard InChI is InChI=1S/C31H37N3O5.C2HF3O2/c1-22-8-3-4-14-28(22)33-31(37)34(20-24-10-7-15-32-19-24)16-17-38-26-12-6-13-27(18-26)39-21-25-11-5-9-23(2)29(25)30(35)36;3-2(4,5)1(6)7/h3-5,7-11,14-15,19,26-27H,6,12-13,16-18,20-21H2,1-2H3,(H,33,37)(H,35,36);(H,6,7)/t26-,27+;/m0./s1. The number of para-hydroxylation sites is 1. The largest absolute Gasteiger partial charge is 0.490 e. The smallest absolute Gasteiger partial charge is 0.478 e. The van der Waals surface area contributed by atoms with Crippen LogP contribution in [0.1, 0.15) is 58.3 Å². The van der Waals surface area contributed by atoms with Crippen LogP contribution in [0.5, 0.6) is 0 Å². The Balaban J connectivity index is 0.000000738. The van der Waals surface area contributed by atoms with Gasteiger partial charge >= 0.3 is 24.1 Å². The minimum absolute atomic E-state index is 0.00163. The summed E-state index contributed by atoms with van der Waals surface area (Å²) in [5.41, 5.74) is 4.47. The number of aromatic nitrogens is 1. The number of nitrogens with zero attached hydrogens (tertiary/aromatic N) is 2. The number of anilines is 1. The first-order valence-corrected chi connectivity index (χ1v) is 14.7. The molecule has 0 aliphatic heterocycles. The van der Waals surface area contributed by atoms with Crippen LogP contribution in [0.2, 0.25) is 0 Å². The topological polar surface area (TPSA) is 138 Å². The molecule has 13 heteroatoms. The summed E-state index contributed by atoms with van der Waals surface area (Å²) in [6.07, 6.45) is 1.99. The number of hydrogen-bond acceptors (Lipinski definition) is 6. The van der Waals surface area contributed by atoms with Crippen LogP contribution >= 0.6 is 0 Å². The Bertz CT molecular complexity index is 1450. The number of carbonyl (C=O) groups is 3. The lowest BCUT2D eigenvalue weighted by Crippen LogP contribution is -2.38. The average molecular weight is 646 g/mol. The molecule has 0 spiro atoms. The highest BCUT2D eigenvalue weighted by Gasteiger charge is 2.38. The van der Waals surface area contributed by atoms with Gasteiger partial charge in [0.15, 0.2) is 0 Å². The summed E-state index contributed by atoms with van der Waals surface area (Å²) in [5, 5.41) is 19.7. The summed E-state index contributed by atoms with van der Waals surface area (Å²) >= 11 is 0. The number of nitrogens with one attached hydrogen (secondary N) is 1. The van der Waals surface area contributed by atoms with E-state index < -0.39 is 18.1 Å². The Kier molecular flexibility index (Phi) is 13.5. The van der Waals surface area contributed by atoms with Crippen molar-refractivity contribution in [3.05, 3.63) is 94.8 Å². The van der Waals surface area contributed by atoms with Crippen molar-refractivity contribution in [1.29, 1.82) is 0 Å². The molecule has 46 heavy (non-hydrogen) atoms. The number of aryl methyl sites for hydroxylation is 2. The van der Waals surface area contributed by atoms with Gasteiger partial charge in [-0.25, -0.2) is 14.4 Å². The number of hydrogen-bond donors (Lipinski definition) is 3. The lowest BCUT2D eigenvalue weighted by atomic mass is 9.94. The molecule has 3 aromatic rings. The Hall–Kier alpha value is -4.49. The Morgan fingerprint density at radius 2 is 1.63 bits per heavy atom. The minimum atomic E-state index is -5.08. The fourth-order valence-electron chi connectivity index (χ4n) is 4.97. The molecule has 0 saturated heterocycles. The number of halogens is 3. The highest BCUT2D eigenvalue weighted by atomic mass is 19.4. The van der Waals surface area contributed by atoms with Crippen LogP contribution in [0.3, 0.4) is 0 Å². The van der Waals surface area contributed by atoms with Crippen LogP contribution in [-0.4, -0.2) is 69.6 Å². The van der Waals surface area contributed by atoms with E-state index in [0.717, 1.165) is 48.1 Å². The van der Waals surface area contributed by atoms with E-state index in [0.29, 0.717) is 30.8 Å². The molecule has 1 aromatic heterocycles. The normalized spacial score (nSPS) is 16.1. The van der Waals surface area contributed by atoms with Crippen LogP contribution < -0.4 is 5.32 Å². The molecule has 4 rings (SSSR count). The predicted molar refractivity (Wildman–Crippen MR) is 163 cm³/mol. The SMILES string of the molecule is Cc1ccccc1NC(=O)N(CCO[C@H]1CCC[C@@H](OCc2cccc(C)c2C(=O)O)C1)Cc1cccnc1.O=C(O)C(F)(F)F. The molecule has 0 radical (unpaired) electrons. The molecule has 0 bridgehead atoms. The Morgan fingerprint density at radius 3 is 2.26 bits per heavy atom. The third kappa shape index (κ3) is 11.5. The summed E-state index contributed by atoms with van der Waals surface area (Å²) in [5.74, 6) is -3.69. The number of alkyl halides is 3. The molecule has 1 aliphatic carbocycles. The van der Waals surface area contributed by atoms with Crippen molar-refractivity contribution in [2.45, 2.75) is 71.1 Å². The summed E-state index contributed by atoms with van der Waals surface area (Å²) in [6, 6.07) is 16.8. The molecule has 1 saturated carbocycles. The quantitative estimate of drug-likeness (QED) is 0.212. The number of aliphatic carboxylic acids is 1. The predicted octanol–water partition coefficient (Wildman–Crippen LogP) is 6.61. The van der Waals surface area contributed by atoms with Crippen molar-refractivity contribution < 1.29 is 47.2 Å². The molecular formula is C33H38F3N3O7. The second-order valence-corrected chi connectivity index (χ2v) is 10.8. The third-order valence-corrected chi connectivity index (χ3v) is 7.35. The van der Waals surface area contributed by atoms with E-state index >= 15 is 0 Å². The van der Waals surface area contributed by atoms with E-state index in [1.807, 2.05) is 55.5 Å². The first-order chi connectivity index (χ1) is 21.8. The zero-order valence-corrected chi connectivity index (χ0v) is 25.6. The zero-order chi connectivity index (χ0) is 33.7. The van der Waals surface area contributed by atoms with Gasteiger partial charge in [0.05, 0.1) is 31.0 Å². The molecule has 3 N–H and O–H groups in total. The van der Waals surface area contributed by atoms with E-state index in [9.17, 15) is 27.9 Å². The zero-order valence-electron chi connectivity index (χ0n) is 25.6. The summed E-state index contributed by atoms with van der Waals surface area (Å²) in [6.45, 7) is 5.29. The number of carbonyl (C=O) groups excluding carboxylic acids is 1. The lowest BCUT2D eigenvalue weighted by molar-refractivity contribution is -0.192. The highest BCUT2D eigenvalue weighted by Crippen LogP contribution is 2.26. The van der Waals surface area contributed by atoms with Crippen LogP contribution in [-0.2, 0) is 27.4 Å². The van der Waals surface area contributed by atoms with Gasteiger partial charge in [0.2, 0.25) is 0 Å². The number of urea groups is 1. The Labute approximate surface area is 265 Å². The molecule has 0 unspecified atom stereocenters. The lowest BCUT2D eigenvalue weighted by Gasteiger charge is -2.30. The molecule has 2 aromatic carbocycles. The van der Waals surface area contributed by atoms with E-state index in [-0.39, 0.29) is 24.8 Å². The van der Waals surface area contributed by atoms with Crippen molar-refractivity contribution in [1.82, 2.24) is 9.88 Å². The van der Waals surface area contributed by atoms with E-state index in [4.69, 9.17) is 19.4 Å². The number of rotatable bonds is 11. The van der Waals surface area contributed by atoms with Gasteiger partial charge in [0.25, 0.3) is 0 Å². The van der Waals surface area contributed by atoms with Crippen molar-refractivity contribution in [3.63, 3.8) is 0 Å².